The third kappa shape index (κ3) is 3.94. The third-order valence-electron chi connectivity index (χ3n) is 5.68. The lowest BCUT2D eigenvalue weighted by Gasteiger charge is -2.34. The second-order valence-corrected chi connectivity index (χ2v) is 7.66. The Hall–Kier alpha value is -4.07. The molecule has 1 aliphatic rings. The zero-order valence-electron chi connectivity index (χ0n) is 17.5. The molecular formula is C24H22N6O2. The molecule has 0 spiro atoms. The standard InChI is InChI=1S/C24H22N6O2/c31-22-10-9-21(20-8-3-6-18-5-1-2-7-19(18)20)27-30(22)17-23(32)28-13-15-29(16-14-28)24-25-11-4-12-26-24/h1-12H,13-17H2. The van der Waals surface area contributed by atoms with Crippen molar-refractivity contribution in [3.8, 4) is 11.3 Å². The van der Waals surface area contributed by atoms with Crippen LogP contribution in [0.5, 0.6) is 0 Å². The van der Waals surface area contributed by atoms with Crippen LogP contribution in [0.15, 0.2) is 77.9 Å². The van der Waals surface area contributed by atoms with Crippen molar-refractivity contribution in [1.82, 2.24) is 24.6 Å². The van der Waals surface area contributed by atoms with Crippen LogP contribution in [0.2, 0.25) is 0 Å². The fraction of sp³-hybridized carbons (Fsp3) is 0.208. The monoisotopic (exact) mass is 426 g/mol. The van der Waals surface area contributed by atoms with Crippen LogP contribution in [0, 0.1) is 0 Å². The van der Waals surface area contributed by atoms with Crippen molar-refractivity contribution in [3.63, 3.8) is 0 Å². The number of fused-ring (bicyclic) bond motifs is 1. The van der Waals surface area contributed by atoms with Crippen LogP contribution in [-0.4, -0.2) is 56.7 Å². The quantitative estimate of drug-likeness (QED) is 0.498. The van der Waals surface area contributed by atoms with Crippen LogP contribution in [0.25, 0.3) is 22.0 Å². The van der Waals surface area contributed by atoms with Crippen molar-refractivity contribution in [1.29, 1.82) is 0 Å². The predicted octanol–water partition coefficient (Wildman–Crippen LogP) is 2.20. The molecule has 1 fully saturated rings. The van der Waals surface area contributed by atoms with Gasteiger partial charge in [-0.05, 0) is 22.9 Å². The molecule has 2 aromatic heterocycles. The summed E-state index contributed by atoms with van der Waals surface area (Å²) in [6, 6.07) is 19.0. The number of anilines is 1. The lowest BCUT2D eigenvalue weighted by molar-refractivity contribution is -0.132. The van der Waals surface area contributed by atoms with Gasteiger partial charge in [-0.25, -0.2) is 14.6 Å². The molecule has 32 heavy (non-hydrogen) atoms. The van der Waals surface area contributed by atoms with E-state index in [0.29, 0.717) is 37.8 Å². The molecule has 1 aliphatic heterocycles. The molecule has 0 aliphatic carbocycles. The van der Waals surface area contributed by atoms with Crippen molar-refractivity contribution >= 4 is 22.6 Å². The minimum Gasteiger partial charge on any atom is -0.338 e. The molecule has 1 saturated heterocycles. The maximum Gasteiger partial charge on any atom is 0.267 e. The van der Waals surface area contributed by atoms with Crippen LogP contribution in [0.4, 0.5) is 5.95 Å². The number of carbonyl (C=O) groups excluding carboxylic acids is 1. The summed E-state index contributed by atoms with van der Waals surface area (Å²) in [6.07, 6.45) is 3.42. The van der Waals surface area contributed by atoms with Crippen LogP contribution >= 0.6 is 0 Å². The fourth-order valence-corrected chi connectivity index (χ4v) is 3.99. The number of amides is 1. The molecule has 0 saturated carbocycles. The molecule has 2 aromatic carbocycles. The first-order valence-electron chi connectivity index (χ1n) is 10.5. The fourth-order valence-electron chi connectivity index (χ4n) is 3.99. The second kappa shape index (κ2) is 8.58. The van der Waals surface area contributed by atoms with E-state index in [2.05, 4.69) is 20.0 Å². The molecule has 0 radical (unpaired) electrons. The Kier molecular flexibility index (Phi) is 5.33. The zero-order chi connectivity index (χ0) is 21.9. The number of hydrogen-bond acceptors (Lipinski definition) is 6. The minimum atomic E-state index is -0.293. The molecule has 0 N–H and O–H groups in total. The van der Waals surface area contributed by atoms with E-state index in [0.717, 1.165) is 16.3 Å². The normalized spacial score (nSPS) is 14.0. The van der Waals surface area contributed by atoms with Crippen LogP contribution in [0.3, 0.4) is 0 Å². The maximum atomic E-state index is 12.9. The summed E-state index contributed by atoms with van der Waals surface area (Å²) >= 11 is 0. The van der Waals surface area contributed by atoms with Gasteiger partial charge in [0.2, 0.25) is 11.9 Å². The Morgan fingerprint density at radius 3 is 2.41 bits per heavy atom. The highest BCUT2D eigenvalue weighted by Gasteiger charge is 2.23. The van der Waals surface area contributed by atoms with E-state index in [9.17, 15) is 9.59 Å². The first-order chi connectivity index (χ1) is 15.7. The van der Waals surface area contributed by atoms with Crippen LogP contribution < -0.4 is 10.5 Å². The lowest BCUT2D eigenvalue weighted by Crippen LogP contribution is -2.50. The van der Waals surface area contributed by atoms with E-state index < -0.39 is 0 Å². The molecular weight excluding hydrogens is 404 g/mol. The highest BCUT2D eigenvalue weighted by atomic mass is 16.2. The van der Waals surface area contributed by atoms with Crippen molar-refractivity contribution in [2.75, 3.05) is 31.1 Å². The summed E-state index contributed by atoms with van der Waals surface area (Å²) in [6.45, 7) is 2.31. The topological polar surface area (TPSA) is 84.2 Å². The van der Waals surface area contributed by atoms with Gasteiger partial charge in [0.05, 0.1) is 5.69 Å². The average molecular weight is 426 g/mol. The molecule has 8 heteroatoms. The van der Waals surface area contributed by atoms with E-state index in [1.54, 1.807) is 29.4 Å². The molecule has 1 amide bonds. The Morgan fingerprint density at radius 2 is 1.59 bits per heavy atom. The van der Waals surface area contributed by atoms with Gasteiger partial charge >= 0.3 is 0 Å². The Labute approximate surface area is 184 Å². The van der Waals surface area contributed by atoms with Crippen molar-refractivity contribution in [3.05, 3.63) is 83.4 Å². The van der Waals surface area contributed by atoms with E-state index in [1.807, 2.05) is 42.5 Å². The summed E-state index contributed by atoms with van der Waals surface area (Å²) in [5, 5.41) is 6.67. The molecule has 8 nitrogen and oxygen atoms in total. The minimum absolute atomic E-state index is 0.0841. The summed E-state index contributed by atoms with van der Waals surface area (Å²) in [7, 11) is 0. The van der Waals surface area contributed by atoms with Gasteiger partial charge in [0.1, 0.15) is 6.54 Å². The van der Waals surface area contributed by atoms with E-state index >= 15 is 0 Å². The molecule has 0 atom stereocenters. The number of rotatable bonds is 4. The smallest absolute Gasteiger partial charge is 0.267 e. The molecule has 5 rings (SSSR count). The number of nitrogens with zero attached hydrogens (tertiary/aromatic N) is 6. The SMILES string of the molecule is O=C(Cn1nc(-c2cccc3ccccc23)ccc1=O)N1CCN(c2ncccn2)CC1. The predicted molar refractivity (Wildman–Crippen MR) is 122 cm³/mol. The third-order valence-corrected chi connectivity index (χ3v) is 5.68. The second-order valence-electron chi connectivity index (χ2n) is 7.66. The van der Waals surface area contributed by atoms with Gasteiger partial charge < -0.3 is 9.80 Å². The molecule has 160 valence electrons. The Balaban J connectivity index is 1.33. The number of piperazine rings is 1. The van der Waals surface area contributed by atoms with Crippen LogP contribution in [0.1, 0.15) is 0 Å². The highest BCUT2D eigenvalue weighted by molar-refractivity contribution is 5.95. The number of benzene rings is 2. The van der Waals surface area contributed by atoms with Crippen molar-refractivity contribution < 1.29 is 4.79 Å². The molecule has 0 bridgehead atoms. The first-order valence-corrected chi connectivity index (χ1v) is 10.5. The number of aromatic nitrogens is 4. The lowest BCUT2D eigenvalue weighted by atomic mass is 10.0. The zero-order valence-corrected chi connectivity index (χ0v) is 17.5. The van der Waals surface area contributed by atoms with Crippen molar-refractivity contribution in [2.45, 2.75) is 6.54 Å². The van der Waals surface area contributed by atoms with Gasteiger partial charge in [-0.15, -0.1) is 0 Å². The van der Waals surface area contributed by atoms with E-state index in [4.69, 9.17) is 0 Å². The summed E-state index contributed by atoms with van der Waals surface area (Å²) in [4.78, 5) is 37.7. The maximum absolute atomic E-state index is 12.9. The Morgan fingerprint density at radius 1 is 0.844 bits per heavy atom. The number of carbonyl (C=O) groups is 1. The van der Waals surface area contributed by atoms with E-state index in [-0.39, 0.29) is 18.0 Å². The van der Waals surface area contributed by atoms with Gasteiger partial charge in [-0.1, -0.05) is 42.5 Å². The highest BCUT2D eigenvalue weighted by Crippen LogP contribution is 2.26. The van der Waals surface area contributed by atoms with Gasteiger partial charge in [0.15, 0.2) is 0 Å². The van der Waals surface area contributed by atoms with E-state index in [1.165, 1.54) is 10.7 Å². The molecule has 0 unspecified atom stereocenters. The summed E-state index contributed by atoms with van der Waals surface area (Å²) in [5.41, 5.74) is 1.31. The van der Waals surface area contributed by atoms with Crippen molar-refractivity contribution in [2.24, 2.45) is 0 Å². The van der Waals surface area contributed by atoms with Gasteiger partial charge in [-0.2, -0.15) is 5.10 Å². The molecule has 3 heterocycles. The number of hydrogen-bond donors (Lipinski definition) is 0. The largest absolute Gasteiger partial charge is 0.338 e. The summed E-state index contributed by atoms with van der Waals surface area (Å²) in [5.74, 6) is 0.545. The summed E-state index contributed by atoms with van der Waals surface area (Å²) < 4.78 is 1.26. The Bertz CT molecular complexity index is 1310. The van der Waals surface area contributed by atoms with Gasteiger partial charge in [-0.3, -0.25) is 9.59 Å². The molecule has 4 aromatic rings. The average Bonchev–Trinajstić information content (AvgIpc) is 2.86. The van der Waals surface area contributed by atoms with Gasteiger partial charge in [0, 0.05) is 50.2 Å². The van der Waals surface area contributed by atoms with Gasteiger partial charge in [0.25, 0.3) is 5.56 Å². The first kappa shape index (κ1) is 19.9. The van der Waals surface area contributed by atoms with Crippen LogP contribution in [-0.2, 0) is 11.3 Å².